The lowest BCUT2D eigenvalue weighted by Gasteiger charge is -2.00. The maximum Gasteiger partial charge on any atom is 0.273 e. The van der Waals surface area contributed by atoms with E-state index in [-0.39, 0.29) is 4.21 Å². The largest absolute Gasteiger partial charge is 0.273 e. The van der Waals surface area contributed by atoms with Crippen LogP contribution in [-0.2, 0) is 10.0 Å². The van der Waals surface area contributed by atoms with Crippen molar-refractivity contribution in [1.29, 1.82) is 0 Å². The number of hydrogen-bond donors (Lipinski definition) is 1. The van der Waals surface area contributed by atoms with E-state index < -0.39 is 10.0 Å². The van der Waals surface area contributed by atoms with Crippen molar-refractivity contribution in [2.75, 3.05) is 4.72 Å². The zero-order valence-electron chi connectivity index (χ0n) is 7.67. The van der Waals surface area contributed by atoms with Gasteiger partial charge < -0.3 is 0 Å². The molecule has 2 aromatic heterocycles. The smallest absolute Gasteiger partial charge is 0.253 e. The Kier molecular flexibility index (Phi) is 2.72. The van der Waals surface area contributed by atoms with Gasteiger partial charge in [-0.25, -0.2) is 13.4 Å². The first-order valence-electron chi connectivity index (χ1n) is 3.94. The van der Waals surface area contributed by atoms with E-state index in [1.165, 1.54) is 0 Å². The van der Waals surface area contributed by atoms with Crippen molar-refractivity contribution in [2.24, 2.45) is 0 Å². The SMILES string of the molecule is Cc1nsc(NS(=O)(=O)c2cccs2)n1. The van der Waals surface area contributed by atoms with Crippen LogP contribution in [0.15, 0.2) is 21.7 Å². The third-order valence-electron chi connectivity index (χ3n) is 1.51. The molecule has 0 saturated heterocycles. The number of thiophene rings is 1. The fourth-order valence-corrected chi connectivity index (χ4v) is 3.71. The van der Waals surface area contributed by atoms with Crippen molar-refractivity contribution in [3.05, 3.63) is 23.3 Å². The molecule has 0 bridgehead atoms. The molecule has 2 heterocycles. The number of nitrogens with zero attached hydrogens (tertiary/aromatic N) is 2. The van der Waals surface area contributed by atoms with Crippen molar-refractivity contribution in [1.82, 2.24) is 9.36 Å². The van der Waals surface area contributed by atoms with Gasteiger partial charge in [0, 0.05) is 11.5 Å². The van der Waals surface area contributed by atoms with Crippen molar-refractivity contribution < 1.29 is 8.42 Å². The van der Waals surface area contributed by atoms with E-state index in [0.29, 0.717) is 11.0 Å². The predicted octanol–water partition coefficient (Wildman–Crippen LogP) is 1.71. The molecule has 8 heteroatoms. The predicted molar refractivity (Wildman–Crippen MR) is 59.8 cm³/mol. The average Bonchev–Trinajstić information content (AvgIpc) is 2.75. The van der Waals surface area contributed by atoms with Gasteiger partial charge in [-0.3, -0.25) is 4.72 Å². The summed E-state index contributed by atoms with van der Waals surface area (Å²) in [5.74, 6) is 0.559. The molecule has 2 rings (SSSR count). The number of aromatic nitrogens is 2. The summed E-state index contributed by atoms with van der Waals surface area (Å²) in [6.45, 7) is 1.71. The van der Waals surface area contributed by atoms with Gasteiger partial charge in [-0.05, 0) is 18.4 Å². The van der Waals surface area contributed by atoms with Gasteiger partial charge >= 0.3 is 0 Å². The highest BCUT2D eigenvalue weighted by Gasteiger charge is 2.16. The summed E-state index contributed by atoms with van der Waals surface area (Å²) in [6.07, 6.45) is 0. The lowest BCUT2D eigenvalue weighted by atomic mass is 10.7. The fraction of sp³-hybridized carbons (Fsp3) is 0.143. The summed E-state index contributed by atoms with van der Waals surface area (Å²) in [4.78, 5) is 3.93. The highest BCUT2D eigenvalue weighted by molar-refractivity contribution is 7.94. The molecule has 5 nitrogen and oxygen atoms in total. The molecular weight excluding hydrogens is 254 g/mol. The van der Waals surface area contributed by atoms with Gasteiger partial charge in [0.15, 0.2) is 0 Å². The van der Waals surface area contributed by atoms with Crippen LogP contribution in [0.4, 0.5) is 5.13 Å². The van der Waals surface area contributed by atoms with Gasteiger partial charge in [-0.1, -0.05) is 6.07 Å². The maximum absolute atomic E-state index is 11.7. The standard InChI is InChI=1S/C7H7N3O2S3/c1-5-8-7(14-9-5)10-15(11,12)6-3-2-4-13-6/h2-4H,1H3,(H,8,9,10). The number of nitrogens with one attached hydrogen (secondary N) is 1. The van der Waals surface area contributed by atoms with Crippen molar-refractivity contribution in [3.8, 4) is 0 Å². The second-order valence-electron chi connectivity index (χ2n) is 2.68. The summed E-state index contributed by atoms with van der Waals surface area (Å²) in [5.41, 5.74) is 0. The minimum atomic E-state index is -3.48. The summed E-state index contributed by atoms with van der Waals surface area (Å²) in [6, 6.07) is 3.23. The van der Waals surface area contributed by atoms with E-state index in [1.54, 1.807) is 24.4 Å². The van der Waals surface area contributed by atoms with E-state index in [0.717, 1.165) is 22.9 Å². The Bertz CT molecular complexity index is 544. The van der Waals surface area contributed by atoms with Crippen molar-refractivity contribution >= 4 is 38.0 Å². The van der Waals surface area contributed by atoms with Crippen LogP contribution in [0.1, 0.15) is 5.82 Å². The molecule has 0 amide bonds. The summed E-state index contributed by atoms with van der Waals surface area (Å²) >= 11 is 2.19. The number of aryl methyl sites for hydroxylation is 1. The van der Waals surface area contributed by atoms with Crippen LogP contribution >= 0.6 is 22.9 Å². The van der Waals surface area contributed by atoms with Crippen LogP contribution in [0.3, 0.4) is 0 Å². The summed E-state index contributed by atoms with van der Waals surface area (Å²) < 4.78 is 30.0. The number of hydrogen-bond acceptors (Lipinski definition) is 6. The molecule has 15 heavy (non-hydrogen) atoms. The zero-order chi connectivity index (χ0) is 10.9. The summed E-state index contributed by atoms with van der Waals surface area (Å²) in [5, 5.41) is 2.00. The Labute approximate surface area is 95.0 Å². The zero-order valence-corrected chi connectivity index (χ0v) is 10.1. The van der Waals surface area contributed by atoms with Crippen LogP contribution in [0.25, 0.3) is 0 Å². The lowest BCUT2D eigenvalue weighted by molar-refractivity contribution is 0.603. The van der Waals surface area contributed by atoms with Crippen LogP contribution in [0, 0.1) is 6.92 Å². The second-order valence-corrected chi connectivity index (χ2v) is 6.29. The second kappa shape index (κ2) is 3.87. The molecule has 1 N–H and O–H groups in total. The highest BCUT2D eigenvalue weighted by atomic mass is 32.2. The van der Waals surface area contributed by atoms with Gasteiger partial charge in [0.1, 0.15) is 10.0 Å². The van der Waals surface area contributed by atoms with E-state index in [9.17, 15) is 8.42 Å². The summed E-state index contributed by atoms with van der Waals surface area (Å²) in [7, 11) is -3.48. The molecule has 0 unspecified atom stereocenters. The molecule has 2 aromatic rings. The molecule has 0 fully saturated rings. The molecule has 0 atom stereocenters. The fourth-order valence-electron chi connectivity index (χ4n) is 0.920. The van der Waals surface area contributed by atoms with E-state index in [4.69, 9.17) is 0 Å². The Morgan fingerprint density at radius 2 is 2.27 bits per heavy atom. The van der Waals surface area contributed by atoms with E-state index in [1.807, 2.05) is 0 Å². The van der Waals surface area contributed by atoms with Crippen LogP contribution in [-0.4, -0.2) is 17.8 Å². The first-order valence-corrected chi connectivity index (χ1v) is 7.08. The Morgan fingerprint density at radius 3 is 2.80 bits per heavy atom. The van der Waals surface area contributed by atoms with Crippen LogP contribution in [0.5, 0.6) is 0 Å². The Balaban J connectivity index is 2.26. The monoisotopic (exact) mass is 261 g/mol. The topological polar surface area (TPSA) is 72.0 Å². The van der Waals surface area contributed by atoms with Gasteiger partial charge in [-0.15, -0.1) is 11.3 Å². The molecule has 0 spiro atoms. The highest BCUT2D eigenvalue weighted by Crippen LogP contribution is 2.20. The molecule has 0 aliphatic carbocycles. The van der Waals surface area contributed by atoms with E-state index >= 15 is 0 Å². The number of anilines is 1. The minimum Gasteiger partial charge on any atom is -0.253 e. The molecule has 80 valence electrons. The molecule has 0 aromatic carbocycles. The van der Waals surface area contributed by atoms with Crippen LogP contribution in [0.2, 0.25) is 0 Å². The normalized spacial score (nSPS) is 11.5. The molecule has 0 radical (unpaired) electrons. The van der Waals surface area contributed by atoms with Crippen molar-refractivity contribution in [2.45, 2.75) is 11.1 Å². The lowest BCUT2D eigenvalue weighted by Crippen LogP contribution is -2.11. The number of sulfonamides is 1. The Hall–Kier alpha value is -0.990. The van der Waals surface area contributed by atoms with Crippen molar-refractivity contribution in [3.63, 3.8) is 0 Å². The quantitative estimate of drug-likeness (QED) is 0.913. The number of rotatable bonds is 3. The van der Waals surface area contributed by atoms with Gasteiger partial charge in [-0.2, -0.15) is 4.37 Å². The third kappa shape index (κ3) is 2.33. The first kappa shape index (κ1) is 10.5. The average molecular weight is 261 g/mol. The molecule has 0 saturated carbocycles. The molecular formula is C7H7N3O2S3. The van der Waals surface area contributed by atoms with E-state index in [2.05, 4.69) is 14.1 Å². The minimum absolute atomic E-state index is 0.273. The van der Waals surface area contributed by atoms with Crippen LogP contribution < -0.4 is 4.72 Å². The molecule has 0 aliphatic heterocycles. The maximum atomic E-state index is 11.7. The van der Waals surface area contributed by atoms with Gasteiger partial charge in [0.05, 0.1) is 0 Å². The van der Waals surface area contributed by atoms with Gasteiger partial charge in [0.25, 0.3) is 10.0 Å². The third-order valence-corrected chi connectivity index (χ3v) is 5.10. The first-order chi connectivity index (χ1) is 7.08. The Morgan fingerprint density at radius 1 is 1.47 bits per heavy atom. The van der Waals surface area contributed by atoms with Gasteiger partial charge in [0.2, 0.25) is 5.13 Å². The molecule has 0 aliphatic rings.